The summed E-state index contributed by atoms with van der Waals surface area (Å²) in [5.41, 5.74) is 1.59. The molecule has 1 aliphatic carbocycles. The zero-order valence-electron chi connectivity index (χ0n) is 15.4. The fraction of sp³-hybridized carbons (Fsp3) is 0.350. The average Bonchev–Trinajstić information content (AvgIpc) is 3.28. The highest BCUT2D eigenvalue weighted by molar-refractivity contribution is 6.04. The second-order valence-electron chi connectivity index (χ2n) is 7.52. The summed E-state index contributed by atoms with van der Waals surface area (Å²) >= 11 is 0. The van der Waals surface area contributed by atoms with Crippen molar-refractivity contribution in [1.82, 2.24) is 20.4 Å². The van der Waals surface area contributed by atoms with Gasteiger partial charge in [0.1, 0.15) is 11.4 Å². The molecule has 2 aliphatic rings. The molecule has 1 aromatic carbocycles. The van der Waals surface area contributed by atoms with Crippen molar-refractivity contribution in [3.63, 3.8) is 0 Å². The predicted molar refractivity (Wildman–Crippen MR) is 103 cm³/mol. The summed E-state index contributed by atoms with van der Waals surface area (Å²) in [7, 11) is 0. The lowest BCUT2D eigenvalue weighted by Crippen LogP contribution is -2.52. The van der Waals surface area contributed by atoms with E-state index in [0.29, 0.717) is 23.7 Å². The Balaban J connectivity index is 1.45. The van der Waals surface area contributed by atoms with E-state index >= 15 is 0 Å². The van der Waals surface area contributed by atoms with Gasteiger partial charge in [0.05, 0.1) is 5.69 Å². The Labute approximate surface area is 161 Å². The Bertz CT molecular complexity index is 1030. The maximum Gasteiger partial charge on any atom is 0.292 e. The number of carbonyl (C=O) groups excluding carboxylic acids is 2. The smallest absolute Gasteiger partial charge is 0.292 e. The fourth-order valence-corrected chi connectivity index (χ4v) is 3.55. The van der Waals surface area contributed by atoms with E-state index in [2.05, 4.69) is 21.0 Å². The molecule has 0 radical (unpaired) electrons. The van der Waals surface area contributed by atoms with Gasteiger partial charge in [0.2, 0.25) is 5.91 Å². The second-order valence-corrected chi connectivity index (χ2v) is 7.52. The lowest BCUT2D eigenvalue weighted by Gasteiger charge is -2.30. The Morgan fingerprint density at radius 2 is 2.11 bits per heavy atom. The molecule has 144 valence electrons. The van der Waals surface area contributed by atoms with Crippen molar-refractivity contribution in [3.05, 3.63) is 47.9 Å². The molecule has 0 spiro atoms. The van der Waals surface area contributed by atoms with Gasteiger partial charge in [-0.05, 0) is 31.9 Å². The summed E-state index contributed by atoms with van der Waals surface area (Å²) in [5, 5.41) is 14.6. The lowest BCUT2D eigenvalue weighted by molar-refractivity contribution is -0.125. The minimum Gasteiger partial charge on any atom is -0.451 e. The number of nitrogens with one attached hydrogen (secondary N) is 3. The highest BCUT2D eigenvalue weighted by Gasteiger charge is 2.32. The van der Waals surface area contributed by atoms with E-state index in [0.717, 1.165) is 23.9 Å². The molecule has 2 atom stereocenters. The summed E-state index contributed by atoms with van der Waals surface area (Å²) in [4.78, 5) is 24.8. The van der Waals surface area contributed by atoms with Gasteiger partial charge in [-0.15, -0.1) is 0 Å². The zero-order chi connectivity index (χ0) is 19.3. The van der Waals surface area contributed by atoms with Gasteiger partial charge in [-0.25, -0.2) is 4.68 Å². The van der Waals surface area contributed by atoms with Crippen LogP contribution in [0.3, 0.4) is 0 Å². The Morgan fingerprint density at radius 1 is 1.29 bits per heavy atom. The normalized spacial score (nSPS) is 22.2. The molecule has 1 saturated heterocycles. The van der Waals surface area contributed by atoms with Crippen LogP contribution in [0, 0.1) is 0 Å². The number of carbonyl (C=O) groups is 2. The number of hydrogen-bond acceptors (Lipinski definition) is 5. The van der Waals surface area contributed by atoms with Gasteiger partial charge in [-0.3, -0.25) is 14.9 Å². The second kappa shape index (κ2) is 6.49. The van der Waals surface area contributed by atoms with Crippen LogP contribution in [0.15, 0.2) is 40.8 Å². The first-order valence-corrected chi connectivity index (χ1v) is 9.51. The summed E-state index contributed by atoms with van der Waals surface area (Å²) < 4.78 is 7.30. The maximum atomic E-state index is 12.8. The molecule has 2 aromatic heterocycles. The van der Waals surface area contributed by atoms with Crippen LogP contribution in [0.5, 0.6) is 0 Å². The maximum absolute atomic E-state index is 12.8. The summed E-state index contributed by atoms with van der Waals surface area (Å²) in [5.74, 6) is 0.777. The van der Waals surface area contributed by atoms with E-state index in [1.165, 1.54) is 0 Å². The number of amides is 2. The minimum atomic E-state index is -0.505. The molecular weight excluding hydrogens is 358 g/mol. The minimum absolute atomic E-state index is 0.0197. The molecule has 3 heterocycles. The van der Waals surface area contributed by atoms with Crippen LogP contribution in [0.25, 0.3) is 11.0 Å². The molecule has 3 aromatic rings. The van der Waals surface area contributed by atoms with Crippen molar-refractivity contribution in [2.24, 2.45) is 0 Å². The van der Waals surface area contributed by atoms with E-state index in [-0.39, 0.29) is 23.6 Å². The summed E-state index contributed by atoms with van der Waals surface area (Å²) in [6.45, 7) is 1.95. The fourth-order valence-electron chi connectivity index (χ4n) is 3.55. The largest absolute Gasteiger partial charge is 0.451 e. The summed E-state index contributed by atoms with van der Waals surface area (Å²) in [6, 6.07) is 11.1. The van der Waals surface area contributed by atoms with Crippen molar-refractivity contribution in [1.29, 1.82) is 0 Å². The molecule has 0 bridgehead atoms. The van der Waals surface area contributed by atoms with Gasteiger partial charge in [0.25, 0.3) is 5.91 Å². The topological polar surface area (TPSA) is 101 Å². The molecule has 2 fully saturated rings. The Hall–Kier alpha value is -3.13. The molecule has 28 heavy (non-hydrogen) atoms. The highest BCUT2D eigenvalue weighted by atomic mass is 16.3. The Kier molecular flexibility index (Phi) is 3.94. The van der Waals surface area contributed by atoms with E-state index in [4.69, 9.17) is 4.42 Å². The third-order valence-corrected chi connectivity index (χ3v) is 5.12. The molecule has 2 unspecified atom stereocenters. The third-order valence-electron chi connectivity index (χ3n) is 5.12. The van der Waals surface area contributed by atoms with Gasteiger partial charge in [0, 0.05) is 29.8 Å². The quantitative estimate of drug-likeness (QED) is 0.647. The number of hydrogen-bond donors (Lipinski definition) is 3. The first-order chi connectivity index (χ1) is 13.6. The SMILES string of the molecule is CC1CC(=O)NC(n2nc(C3CC3)cc2NC(=O)c2cc3ccccc3o2)N1. The molecule has 1 aliphatic heterocycles. The number of anilines is 1. The van der Waals surface area contributed by atoms with E-state index in [9.17, 15) is 9.59 Å². The van der Waals surface area contributed by atoms with Crippen molar-refractivity contribution in [2.45, 2.75) is 44.4 Å². The van der Waals surface area contributed by atoms with Gasteiger partial charge in [-0.2, -0.15) is 5.10 Å². The number of furan rings is 1. The van der Waals surface area contributed by atoms with Crippen LogP contribution < -0.4 is 16.0 Å². The van der Waals surface area contributed by atoms with Gasteiger partial charge < -0.3 is 15.1 Å². The van der Waals surface area contributed by atoms with E-state index < -0.39 is 6.29 Å². The number of para-hydroxylation sites is 1. The lowest BCUT2D eigenvalue weighted by atomic mass is 10.2. The van der Waals surface area contributed by atoms with Crippen LogP contribution in [0.4, 0.5) is 5.82 Å². The van der Waals surface area contributed by atoms with Crippen LogP contribution >= 0.6 is 0 Å². The number of aromatic nitrogens is 2. The first-order valence-electron chi connectivity index (χ1n) is 9.51. The number of benzene rings is 1. The third kappa shape index (κ3) is 3.16. The summed E-state index contributed by atoms with van der Waals surface area (Å²) in [6.07, 6.45) is 2.09. The molecule has 3 N–H and O–H groups in total. The van der Waals surface area contributed by atoms with Crippen molar-refractivity contribution < 1.29 is 14.0 Å². The molecule has 8 nitrogen and oxygen atoms in total. The number of nitrogens with zero attached hydrogens (tertiary/aromatic N) is 2. The molecule has 2 amide bonds. The van der Waals surface area contributed by atoms with Crippen molar-refractivity contribution in [2.75, 3.05) is 5.32 Å². The van der Waals surface area contributed by atoms with Crippen LogP contribution in [-0.2, 0) is 4.79 Å². The molecular formula is C20H21N5O3. The highest BCUT2D eigenvalue weighted by Crippen LogP contribution is 2.40. The average molecular weight is 379 g/mol. The standard InChI is InChI=1S/C20H21N5O3/c1-11-8-18(26)23-20(21-11)25-17(10-14(24-25)12-6-7-12)22-19(27)16-9-13-4-2-3-5-15(13)28-16/h2-5,9-12,20-21H,6-8H2,1H3,(H,22,27)(H,23,26). The van der Waals surface area contributed by atoms with E-state index in [1.807, 2.05) is 37.3 Å². The van der Waals surface area contributed by atoms with Crippen molar-refractivity contribution >= 4 is 28.6 Å². The van der Waals surface area contributed by atoms with Crippen molar-refractivity contribution in [3.8, 4) is 0 Å². The van der Waals surface area contributed by atoms with Crippen LogP contribution in [-0.4, -0.2) is 27.6 Å². The number of rotatable bonds is 4. The first kappa shape index (κ1) is 17.0. The molecule has 5 rings (SSSR count). The van der Waals surface area contributed by atoms with Gasteiger partial charge in [-0.1, -0.05) is 18.2 Å². The van der Waals surface area contributed by atoms with Gasteiger partial charge >= 0.3 is 0 Å². The zero-order valence-corrected chi connectivity index (χ0v) is 15.4. The Morgan fingerprint density at radius 3 is 2.86 bits per heavy atom. The van der Waals surface area contributed by atoms with Gasteiger partial charge in [0.15, 0.2) is 12.0 Å². The monoisotopic (exact) mass is 379 g/mol. The molecule has 1 saturated carbocycles. The van der Waals surface area contributed by atoms with E-state index in [1.54, 1.807) is 10.7 Å². The number of fused-ring (bicyclic) bond motifs is 1. The predicted octanol–water partition coefficient (Wildman–Crippen LogP) is 2.71. The molecule has 8 heteroatoms. The van der Waals surface area contributed by atoms with Crippen LogP contribution in [0.1, 0.15) is 54.6 Å². The van der Waals surface area contributed by atoms with Crippen LogP contribution in [0.2, 0.25) is 0 Å².